The molecule has 3 rings (SSSR count). The van der Waals surface area contributed by atoms with Gasteiger partial charge in [0.2, 0.25) is 0 Å². The van der Waals surface area contributed by atoms with Crippen molar-refractivity contribution in [2.45, 2.75) is 51.1 Å². The lowest BCUT2D eigenvalue weighted by Crippen LogP contribution is -2.15. The van der Waals surface area contributed by atoms with E-state index in [2.05, 4.69) is 39.4 Å². The van der Waals surface area contributed by atoms with Crippen LogP contribution >= 0.6 is 15.9 Å². The summed E-state index contributed by atoms with van der Waals surface area (Å²) in [5, 5.41) is 3.53. The van der Waals surface area contributed by atoms with E-state index in [9.17, 15) is 0 Å². The molecule has 2 saturated carbocycles. The van der Waals surface area contributed by atoms with Crippen molar-refractivity contribution in [3.05, 3.63) is 28.2 Å². The first-order valence-electron chi connectivity index (χ1n) is 7.46. The lowest BCUT2D eigenvalue weighted by Gasteiger charge is -2.13. The summed E-state index contributed by atoms with van der Waals surface area (Å²) >= 11 is 3.63. The molecule has 3 heteroatoms. The second-order valence-corrected chi connectivity index (χ2v) is 6.74. The zero-order valence-electron chi connectivity index (χ0n) is 11.3. The zero-order chi connectivity index (χ0) is 13.1. The van der Waals surface area contributed by atoms with Gasteiger partial charge in [0.25, 0.3) is 0 Å². The maximum atomic E-state index is 5.95. The SMILES string of the molecule is Brc1cc(CNC2CC2)ccc1OCC1CCCC1. The molecule has 0 saturated heterocycles. The third kappa shape index (κ3) is 3.96. The molecule has 2 fully saturated rings. The molecule has 0 aromatic heterocycles. The first-order chi connectivity index (χ1) is 9.31. The molecule has 19 heavy (non-hydrogen) atoms. The largest absolute Gasteiger partial charge is 0.492 e. The molecule has 0 bridgehead atoms. The van der Waals surface area contributed by atoms with Crippen LogP contribution in [0.25, 0.3) is 0 Å². The van der Waals surface area contributed by atoms with Crippen molar-refractivity contribution in [3.63, 3.8) is 0 Å². The maximum Gasteiger partial charge on any atom is 0.133 e. The second-order valence-electron chi connectivity index (χ2n) is 5.88. The average Bonchev–Trinajstić information content (AvgIpc) is 3.10. The number of halogens is 1. The molecule has 0 aliphatic heterocycles. The predicted octanol–water partition coefficient (Wildman–Crippen LogP) is 4.27. The lowest BCUT2D eigenvalue weighted by atomic mass is 10.1. The Kier molecular flexibility index (Phi) is 4.44. The van der Waals surface area contributed by atoms with Crippen LogP contribution in [0.5, 0.6) is 5.75 Å². The van der Waals surface area contributed by atoms with E-state index < -0.39 is 0 Å². The van der Waals surface area contributed by atoms with Crippen LogP contribution in [0.4, 0.5) is 0 Å². The molecule has 0 spiro atoms. The predicted molar refractivity (Wildman–Crippen MR) is 81.5 cm³/mol. The van der Waals surface area contributed by atoms with Gasteiger partial charge in [0.1, 0.15) is 5.75 Å². The van der Waals surface area contributed by atoms with Gasteiger partial charge in [-0.25, -0.2) is 0 Å². The fourth-order valence-electron chi connectivity index (χ4n) is 2.71. The average molecular weight is 324 g/mol. The molecule has 2 aliphatic carbocycles. The highest BCUT2D eigenvalue weighted by Crippen LogP contribution is 2.30. The Morgan fingerprint density at radius 3 is 2.63 bits per heavy atom. The molecule has 1 aromatic rings. The highest BCUT2D eigenvalue weighted by atomic mass is 79.9. The van der Waals surface area contributed by atoms with Crippen molar-refractivity contribution in [1.82, 2.24) is 5.32 Å². The van der Waals surface area contributed by atoms with Crippen molar-refractivity contribution < 1.29 is 4.74 Å². The molecule has 104 valence electrons. The molecule has 2 aliphatic rings. The van der Waals surface area contributed by atoms with E-state index in [1.54, 1.807) is 0 Å². The van der Waals surface area contributed by atoms with Crippen molar-refractivity contribution in [1.29, 1.82) is 0 Å². The third-order valence-electron chi connectivity index (χ3n) is 4.12. The first-order valence-corrected chi connectivity index (χ1v) is 8.25. The molecular formula is C16H22BrNO. The second kappa shape index (κ2) is 6.27. The van der Waals surface area contributed by atoms with Crippen LogP contribution in [-0.4, -0.2) is 12.6 Å². The number of ether oxygens (including phenoxy) is 1. The van der Waals surface area contributed by atoms with E-state index in [0.717, 1.165) is 35.3 Å². The summed E-state index contributed by atoms with van der Waals surface area (Å²) < 4.78 is 7.03. The summed E-state index contributed by atoms with van der Waals surface area (Å²) in [6, 6.07) is 7.21. The van der Waals surface area contributed by atoms with Crippen LogP contribution in [0.15, 0.2) is 22.7 Å². The smallest absolute Gasteiger partial charge is 0.133 e. The van der Waals surface area contributed by atoms with Crippen LogP contribution in [0.3, 0.4) is 0 Å². The number of benzene rings is 1. The van der Waals surface area contributed by atoms with Gasteiger partial charge in [0.05, 0.1) is 11.1 Å². The summed E-state index contributed by atoms with van der Waals surface area (Å²) in [4.78, 5) is 0. The zero-order valence-corrected chi connectivity index (χ0v) is 12.9. The number of nitrogens with one attached hydrogen (secondary N) is 1. The Labute approximate surface area is 124 Å². The Balaban J connectivity index is 1.52. The molecular weight excluding hydrogens is 302 g/mol. The van der Waals surface area contributed by atoms with Crippen LogP contribution in [0.1, 0.15) is 44.1 Å². The van der Waals surface area contributed by atoms with Crippen LogP contribution in [0, 0.1) is 5.92 Å². The lowest BCUT2D eigenvalue weighted by molar-refractivity contribution is 0.250. The van der Waals surface area contributed by atoms with Gasteiger partial charge < -0.3 is 10.1 Å². The standard InChI is InChI=1S/C16H22BrNO/c17-15-9-13(10-18-14-6-7-14)5-8-16(15)19-11-12-3-1-2-4-12/h5,8-9,12,14,18H,1-4,6-7,10-11H2. The number of hydrogen-bond donors (Lipinski definition) is 1. The first kappa shape index (κ1) is 13.4. The van der Waals surface area contributed by atoms with Crippen molar-refractivity contribution in [2.24, 2.45) is 5.92 Å². The molecule has 0 atom stereocenters. The van der Waals surface area contributed by atoms with Gasteiger partial charge in [-0.15, -0.1) is 0 Å². The van der Waals surface area contributed by atoms with E-state index in [0.29, 0.717) is 0 Å². The molecule has 0 unspecified atom stereocenters. The molecule has 1 N–H and O–H groups in total. The summed E-state index contributed by atoms with van der Waals surface area (Å²) in [7, 11) is 0. The van der Waals surface area contributed by atoms with E-state index in [1.807, 2.05) is 0 Å². The normalized spacial score (nSPS) is 19.8. The fraction of sp³-hybridized carbons (Fsp3) is 0.625. The van der Waals surface area contributed by atoms with E-state index in [1.165, 1.54) is 44.1 Å². The molecule has 0 radical (unpaired) electrons. The van der Waals surface area contributed by atoms with Gasteiger partial charge in [0, 0.05) is 12.6 Å². The minimum Gasteiger partial charge on any atom is -0.492 e. The van der Waals surface area contributed by atoms with Gasteiger partial charge in [-0.05, 0) is 65.2 Å². The van der Waals surface area contributed by atoms with E-state index >= 15 is 0 Å². The fourth-order valence-corrected chi connectivity index (χ4v) is 3.25. The Bertz CT molecular complexity index is 425. The molecule has 0 amide bonds. The molecule has 0 heterocycles. The van der Waals surface area contributed by atoms with Gasteiger partial charge >= 0.3 is 0 Å². The van der Waals surface area contributed by atoms with Crippen LogP contribution in [0.2, 0.25) is 0 Å². The van der Waals surface area contributed by atoms with Crippen molar-refractivity contribution in [2.75, 3.05) is 6.61 Å². The minimum atomic E-state index is 0.761. The van der Waals surface area contributed by atoms with E-state index in [-0.39, 0.29) is 0 Å². The van der Waals surface area contributed by atoms with Crippen LogP contribution in [-0.2, 0) is 6.54 Å². The summed E-state index contributed by atoms with van der Waals surface area (Å²) in [6.07, 6.45) is 8.09. The van der Waals surface area contributed by atoms with Crippen molar-refractivity contribution >= 4 is 15.9 Å². The van der Waals surface area contributed by atoms with Gasteiger partial charge in [0.15, 0.2) is 0 Å². The topological polar surface area (TPSA) is 21.3 Å². The highest BCUT2D eigenvalue weighted by molar-refractivity contribution is 9.10. The van der Waals surface area contributed by atoms with Gasteiger partial charge in [-0.2, -0.15) is 0 Å². The summed E-state index contributed by atoms with van der Waals surface area (Å²) in [5.74, 6) is 1.75. The number of rotatable bonds is 6. The molecule has 2 nitrogen and oxygen atoms in total. The van der Waals surface area contributed by atoms with Gasteiger partial charge in [-0.1, -0.05) is 18.9 Å². The van der Waals surface area contributed by atoms with E-state index in [4.69, 9.17) is 4.74 Å². The van der Waals surface area contributed by atoms with Crippen molar-refractivity contribution in [3.8, 4) is 5.75 Å². The Morgan fingerprint density at radius 1 is 1.16 bits per heavy atom. The third-order valence-corrected chi connectivity index (χ3v) is 4.74. The summed E-state index contributed by atoms with van der Waals surface area (Å²) in [5.41, 5.74) is 1.33. The highest BCUT2D eigenvalue weighted by Gasteiger charge is 2.20. The molecule has 1 aromatic carbocycles. The number of hydrogen-bond acceptors (Lipinski definition) is 2. The van der Waals surface area contributed by atoms with Crippen LogP contribution < -0.4 is 10.1 Å². The van der Waals surface area contributed by atoms with Gasteiger partial charge in [-0.3, -0.25) is 0 Å². The maximum absolute atomic E-state index is 5.95. The monoisotopic (exact) mass is 323 g/mol. The Hall–Kier alpha value is -0.540. The minimum absolute atomic E-state index is 0.761. The Morgan fingerprint density at radius 2 is 1.95 bits per heavy atom. The summed E-state index contributed by atoms with van der Waals surface area (Å²) in [6.45, 7) is 1.84. The quantitative estimate of drug-likeness (QED) is 0.844.